The van der Waals surface area contributed by atoms with Crippen LogP contribution in [0.15, 0.2) is 35.4 Å². The van der Waals surface area contributed by atoms with Crippen LogP contribution in [0.25, 0.3) is 0 Å². The fourth-order valence-electron chi connectivity index (χ4n) is 3.35. The maximum atomic E-state index is 12.8. The average molecular weight is 383 g/mol. The van der Waals surface area contributed by atoms with Gasteiger partial charge in [0.2, 0.25) is 0 Å². The van der Waals surface area contributed by atoms with E-state index >= 15 is 0 Å². The smallest absolute Gasteiger partial charge is 0.416 e. The summed E-state index contributed by atoms with van der Waals surface area (Å²) in [4.78, 5) is 26.1. The van der Waals surface area contributed by atoms with Crippen molar-refractivity contribution in [2.45, 2.75) is 58.2 Å². The minimum absolute atomic E-state index is 0.0257. The number of ether oxygens (including phenoxy) is 1. The molecule has 0 bridgehead atoms. The van der Waals surface area contributed by atoms with E-state index < -0.39 is 23.8 Å². The van der Waals surface area contributed by atoms with E-state index in [9.17, 15) is 22.8 Å². The normalized spacial score (nSPS) is 17.6. The third kappa shape index (κ3) is 4.70. The van der Waals surface area contributed by atoms with Gasteiger partial charge in [-0.2, -0.15) is 13.2 Å². The van der Waals surface area contributed by atoms with Gasteiger partial charge in [-0.3, -0.25) is 9.59 Å². The highest BCUT2D eigenvalue weighted by Gasteiger charge is 2.39. The molecule has 148 valence electrons. The molecule has 0 spiro atoms. The Kier molecular flexibility index (Phi) is 6.68. The summed E-state index contributed by atoms with van der Waals surface area (Å²) in [6.07, 6.45) is -0.902. The minimum atomic E-state index is -4.45. The van der Waals surface area contributed by atoms with Crippen molar-refractivity contribution in [2.24, 2.45) is 0 Å². The monoisotopic (exact) mass is 383 g/mol. The quantitative estimate of drug-likeness (QED) is 0.498. The average Bonchev–Trinajstić information content (AvgIpc) is 2.85. The molecule has 0 saturated carbocycles. The maximum absolute atomic E-state index is 12.8. The van der Waals surface area contributed by atoms with E-state index in [1.807, 2.05) is 0 Å². The molecule has 0 radical (unpaired) electrons. The molecule has 1 heterocycles. The zero-order valence-corrected chi connectivity index (χ0v) is 15.7. The van der Waals surface area contributed by atoms with Crippen LogP contribution in [0.1, 0.15) is 51.5 Å². The standard InChI is InChI=1S/C20H24F3NO3/c1-4-5-6-7-16-13(2)19(26)24(17(16)12-18(25)27-3)15-10-8-14(9-11-15)20(21,22)23/h8-11,17H,4-7,12H2,1-3H3. The van der Waals surface area contributed by atoms with Crippen LogP contribution >= 0.6 is 0 Å². The van der Waals surface area contributed by atoms with Crippen molar-refractivity contribution in [1.82, 2.24) is 0 Å². The molecule has 0 aromatic heterocycles. The minimum Gasteiger partial charge on any atom is -0.469 e. The fourth-order valence-corrected chi connectivity index (χ4v) is 3.35. The summed E-state index contributed by atoms with van der Waals surface area (Å²) >= 11 is 0. The Bertz CT molecular complexity index is 723. The molecule has 7 heteroatoms. The number of nitrogens with zero attached hydrogens (tertiary/aromatic N) is 1. The fraction of sp³-hybridized carbons (Fsp3) is 0.500. The van der Waals surface area contributed by atoms with Gasteiger partial charge < -0.3 is 9.64 Å². The highest BCUT2D eigenvalue weighted by Crippen LogP contribution is 2.37. The third-order valence-corrected chi connectivity index (χ3v) is 4.85. The van der Waals surface area contributed by atoms with Gasteiger partial charge in [-0.15, -0.1) is 0 Å². The van der Waals surface area contributed by atoms with E-state index in [0.29, 0.717) is 17.7 Å². The molecule has 1 atom stereocenters. The van der Waals surface area contributed by atoms with E-state index in [2.05, 4.69) is 6.92 Å². The predicted octanol–water partition coefficient (Wildman–Crippen LogP) is 4.88. The van der Waals surface area contributed by atoms with Crippen molar-refractivity contribution in [2.75, 3.05) is 12.0 Å². The van der Waals surface area contributed by atoms with Crippen molar-refractivity contribution in [1.29, 1.82) is 0 Å². The van der Waals surface area contributed by atoms with Crippen LogP contribution in [0.5, 0.6) is 0 Å². The highest BCUT2D eigenvalue weighted by atomic mass is 19.4. The molecule has 1 unspecified atom stereocenters. The molecule has 0 fully saturated rings. The third-order valence-electron chi connectivity index (χ3n) is 4.85. The van der Waals surface area contributed by atoms with Gasteiger partial charge in [-0.1, -0.05) is 19.8 Å². The first kappa shape index (κ1) is 21.0. The summed E-state index contributed by atoms with van der Waals surface area (Å²) in [6.45, 7) is 3.78. The molecule has 1 amide bonds. The summed E-state index contributed by atoms with van der Waals surface area (Å²) in [7, 11) is 1.27. The van der Waals surface area contributed by atoms with Crippen molar-refractivity contribution < 1.29 is 27.5 Å². The van der Waals surface area contributed by atoms with Gasteiger partial charge in [0.15, 0.2) is 0 Å². The maximum Gasteiger partial charge on any atom is 0.416 e. The SMILES string of the molecule is CCCCCC1=C(C)C(=O)N(c2ccc(C(F)(F)F)cc2)C1CC(=O)OC. The van der Waals surface area contributed by atoms with Gasteiger partial charge in [0, 0.05) is 11.3 Å². The first-order valence-electron chi connectivity index (χ1n) is 8.98. The molecule has 0 aliphatic carbocycles. The Morgan fingerprint density at radius 2 is 1.81 bits per heavy atom. The lowest BCUT2D eigenvalue weighted by Crippen LogP contribution is -2.37. The van der Waals surface area contributed by atoms with Gasteiger partial charge in [0.25, 0.3) is 5.91 Å². The number of benzene rings is 1. The lowest BCUT2D eigenvalue weighted by atomic mass is 9.96. The molecule has 0 N–H and O–H groups in total. The van der Waals surface area contributed by atoms with E-state index in [1.54, 1.807) is 6.92 Å². The number of amides is 1. The van der Waals surface area contributed by atoms with E-state index in [1.165, 1.54) is 24.1 Å². The second kappa shape index (κ2) is 8.59. The van der Waals surface area contributed by atoms with Crippen LogP contribution in [0.4, 0.5) is 18.9 Å². The lowest BCUT2D eigenvalue weighted by Gasteiger charge is -2.27. The van der Waals surface area contributed by atoms with Crippen LogP contribution < -0.4 is 4.90 Å². The number of methoxy groups -OCH3 is 1. The molecular weight excluding hydrogens is 359 g/mol. The second-order valence-corrected chi connectivity index (χ2v) is 6.62. The van der Waals surface area contributed by atoms with Gasteiger partial charge in [-0.05, 0) is 49.6 Å². The van der Waals surface area contributed by atoms with E-state index in [0.717, 1.165) is 37.0 Å². The number of rotatable bonds is 7. The summed E-state index contributed by atoms with van der Waals surface area (Å²) in [6, 6.07) is 3.91. The molecule has 0 saturated heterocycles. The summed E-state index contributed by atoms with van der Waals surface area (Å²) in [5.74, 6) is -0.748. The Labute approximate surface area is 157 Å². The molecule has 1 aromatic carbocycles. The summed E-state index contributed by atoms with van der Waals surface area (Å²) in [5, 5.41) is 0. The lowest BCUT2D eigenvalue weighted by molar-refractivity contribution is -0.141. The number of unbranched alkanes of at least 4 members (excludes halogenated alkanes) is 2. The number of esters is 1. The molecule has 2 rings (SSSR count). The molecular formula is C20H24F3NO3. The van der Waals surface area contributed by atoms with Crippen LogP contribution in [0.2, 0.25) is 0 Å². The van der Waals surface area contributed by atoms with Gasteiger partial charge in [0.05, 0.1) is 25.1 Å². The zero-order chi connectivity index (χ0) is 20.2. The van der Waals surface area contributed by atoms with Gasteiger partial charge >= 0.3 is 12.1 Å². The van der Waals surface area contributed by atoms with Crippen LogP contribution in [0, 0.1) is 0 Å². The number of carbonyl (C=O) groups excluding carboxylic acids is 2. The second-order valence-electron chi connectivity index (χ2n) is 6.62. The van der Waals surface area contributed by atoms with Crippen molar-refractivity contribution in [3.8, 4) is 0 Å². The number of alkyl halides is 3. The van der Waals surface area contributed by atoms with Crippen LogP contribution in [-0.4, -0.2) is 25.0 Å². The molecule has 27 heavy (non-hydrogen) atoms. The number of carbonyl (C=O) groups is 2. The topological polar surface area (TPSA) is 46.6 Å². The Morgan fingerprint density at radius 1 is 1.19 bits per heavy atom. The predicted molar refractivity (Wildman–Crippen MR) is 96.2 cm³/mol. The Balaban J connectivity index is 2.35. The van der Waals surface area contributed by atoms with Gasteiger partial charge in [-0.25, -0.2) is 0 Å². The molecule has 1 aliphatic rings. The number of hydrogen-bond donors (Lipinski definition) is 0. The summed E-state index contributed by atoms with van der Waals surface area (Å²) in [5.41, 5.74) is 0.973. The van der Waals surface area contributed by atoms with E-state index in [4.69, 9.17) is 4.74 Å². The Hall–Kier alpha value is -2.31. The number of hydrogen-bond acceptors (Lipinski definition) is 3. The number of halogens is 3. The van der Waals surface area contributed by atoms with Crippen molar-refractivity contribution in [3.05, 3.63) is 41.0 Å². The first-order valence-corrected chi connectivity index (χ1v) is 8.98. The van der Waals surface area contributed by atoms with Gasteiger partial charge in [0.1, 0.15) is 0 Å². The molecule has 1 aromatic rings. The van der Waals surface area contributed by atoms with Crippen molar-refractivity contribution >= 4 is 17.6 Å². The first-order chi connectivity index (χ1) is 12.7. The summed E-state index contributed by atoms with van der Waals surface area (Å²) < 4.78 is 43.2. The van der Waals surface area contributed by atoms with Crippen LogP contribution in [-0.2, 0) is 20.5 Å². The molecule has 4 nitrogen and oxygen atoms in total. The van der Waals surface area contributed by atoms with E-state index in [-0.39, 0.29) is 12.3 Å². The number of anilines is 1. The highest BCUT2D eigenvalue weighted by molar-refractivity contribution is 6.10. The largest absolute Gasteiger partial charge is 0.469 e. The molecule has 1 aliphatic heterocycles. The Morgan fingerprint density at radius 3 is 2.33 bits per heavy atom. The van der Waals surface area contributed by atoms with Crippen molar-refractivity contribution in [3.63, 3.8) is 0 Å². The zero-order valence-electron chi connectivity index (χ0n) is 15.7. The van der Waals surface area contributed by atoms with Crippen LogP contribution in [0.3, 0.4) is 0 Å².